The van der Waals surface area contributed by atoms with Crippen LogP contribution in [0.25, 0.3) is 11.1 Å². The molecular formula is C20H19F2N3O. The molecule has 0 fully saturated rings. The van der Waals surface area contributed by atoms with Crippen LogP contribution in [0.15, 0.2) is 54.7 Å². The number of hydrogen-bond donors (Lipinski definition) is 2. The number of aromatic nitrogens is 1. The second kappa shape index (κ2) is 7.39. The van der Waals surface area contributed by atoms with Gasteiger partial charge >= 0.3 is 0 Å². The Balaban J connectivity index is 1.90. The van der Waals surface area contributed by atoms with Crippen LogP contribution in [-0.2, 0) is 0 Å². The van der Waals surface area contributed by atoms with E-state index in [9.17, 15) is 8.78 Å². The molecule has 0 saturated carbocycles. The second-order valence-electron chi connectivity index (χ2n) is 5.93. The van der Waals surface area contributed by atoms with Gasteiger partial charge in [-0.05, 0) is 42.8 Å². The van der Waals surface area contributed by atoms with Gasteiger partial charge in [0.05, 0.1) is 18.5 Å². The molecule has 0 radical (unpaired) electrons. The first-order valence-corrected chi connectivity index (χ1v) is 8.09. The Bertz CT molecular complexity index is 896. The molecule has 3 rings (SSSR count). The first-order valence-electron chi connectivity index (χ1n) is 8.09. The van der Waals surface area contributed by atoms with Crippen LogP contribution in [0.1, 0.15) is 18.5 Å². The van der Waals surface area contributed by atoms with Crippen LogP contribution >= 0.6 is 0 Å². The largest absolute Gasteiger partial charge is 0.481 e. The topological polar surface area (TPSA) is 60.2 Å². The summed E-state index contributed by atoms with van der Waals surface area (Å²) in [4.78, 5) is 4.11. The second-order valence-corrected chi connectivity index (χ2v) is 5.93. The Hall–Kier alpha value is -3.15. The monoisotopic (exact) mass is 355 g/mol. The van der Waals surface area contributed by atoms with Crippen molar-refractivity contribution < 1.29 is 13.5 Å². The van der Waals surface area contributed by atoms with Crippen molar-refractivity contribution in [3.05, 3.63) is 71.9 Å². The van der Waals surface area contributed by atoms with E-state index in [2.05, 4.69) is 10.3 Å². The summed E-state index contributed by atoms with van der Waals surface area (Å²) >= 11 is 0. The van der Waals surface area contributed by atoms with E-state index in [4.69, 9.17) is 10.5 Å². The predicted octanol–water partition coefficient (Wildman–Crippen LogP) is 4.79. The van der Waals surface area contributed by atoms with E-state index in [1.807, 2.05) is 6.92 Å². The van der Waals surface area contributed by atoms with Crippen molar-refractivity contribution in [2.24, 2.45) is 0 Å². The fourth-order valence-electron chi connectivity index (χ4n) is 2.66. The molecule has 3 N–H and O–H groups in total. The quantitative estimate of drug-likeness (QED) is 0.646. The van der Waals surface area contributed by atoms with Gasteiger partial charge in [0, 0.05) is 29.4 Å². The molecule has 134 valence electrons. The van der Waals surface area contributed by atoms with Crippen LogP contribution in [0.4, 0.5) is 20.2 Å². The highest BCUT2D eigenvalue weighted by molar-refractivity contribution is 5.76. The normalized spacial score (nSPS) is 11.8. The molecule has 1 aromatic heterocycles. The van der Waals surface area contributed by atoms with Crippen molar-refractivity contribution in [3.8, 4) is 17.0 Å². The Labute approximate surface area is 150 Å². The van der Waals surface area contributed by atoms with Crippen LogP contribution < -0.4 is 15.8 Å². The smallest absolute Gasteiger partial charge is 0.212 e. The maximum absolute atomic E-state index is 14.4. The number of hydrogen-bond acceptors (Lipinski definition) is 4. The number of benzene rings is 2. The highest BCUT2D eigenvalue weighted by atomic mass is 19.1. The van der Waals surface area contributed by atoms with E-state index in [-0.39, 0.29) is 11.9 Å². The molecular weight excluding hydrogens is 336 g/mol. The third-order valence-corrected chi connectivity index (χ3v) is 4.14. The Kier molecular flexibility index (Phi) is 5.02. The van der Waals surface area contributed by atoms with Crippen molar-refractivity contribution >= 4 is 11.4 Å². The average molecular weight is 355 g/mol. The molecule has 0 amide bonds. The molecule has 3 aromatic rings. The molecule has 0 aliphatic carbocycles. The molecule has 0 aliphatic rings. The van der Waals surface area contributed by atoms with Gasteiger partial charge in [0.15, 0.2) is 0 Å². The summed E-state index contributed by atoms with van der Waals surface area (Å²) in [6.45, 7) is 1.92. The summed E-state index contributed by atoms with van der Waals surface area (Å²) < 4.78 is 32.5. The first kappa shape index (κ1) is 17.7. The first-order chi connectivity index (χ1) is 12.5. The number of pyridine rings is 1. The molecule has 1 atom stereocenters. The Morgan fingerprint density at radius 2 is 1.81 bits per heavy atom. The standard InChI is InChI=1S/C20H19F2N3O/c1-12(13-3-6-15(21)7-4-13)25-19-9-16(17(22)10-18(19)23)14-5-8-20(26-2)24-11-14/h3-12,25H,23H2,1-2H3/t12-/m0/s1. The summed E-state index contributed by atoms with van der Waals surface area (Å²) in [5.74, 6) is -0.279. The minimum absolute atomic E-state index is 0.134. The van der Waals surface area contributed by atoms with Gasteiger partial charge in [0.25, 0.3) is 0 Å². The number of nitrogen functional groups attached to an aromatic ring is 1. The maximum Gasteiger partial charge on any atom is 0.212 e. The third-order valence-electron chi connectivity index (χ3n) is 4.14. The van der Waals surface area contributed by atoms with E-state index < -0.39 is 5.82 Å². The van der Waals surface area contributed by atoms with Gasteiger partial charge in [-0.1, -0.05) is 12.1 Å². The predicted molar refractivity (Wildman–Crippen MR) is 99.0 cm³/mol. The molecule has 0 saturated heterocycles. The van der Waals surface area contributed by atoms with Gasteiger partial charge in [-0.3, -0.25) is 0 Å². The van der Waals surface area contributed by atoms with Gasteiger partial charge in [0.2, 0.25) is 5.88 Å². The van der Waals surface area contributed by atoms with Gasteiger partial charge < -0.3 is 15.8 Å². The van der Waals surface area contributed by atoms with Crippen LogP contribution in [-0.4, -0.2) is 12.1 Å². The lowest BCUT2D eigenvalue weighted by Crippen LogP contribution is -2.09. The van der Waals surface area contributed by atoms with Gasteiger partial charge in [-0.15, -0.1) is 0 Å². The zero-order valence-corrected chi connectivity index (χ0v) is 14.5. The van der Waals surface area contributed by atoms with Crippen molar-refractivity contribution in [1.82, 2.24) is 4.98 Å². The Morgan fingerprint density at radius 3 is 2.42 bits per heavy atom. The van der Waals surface area contributed by atoms with Gasteiger partial charge in [0.1, 0.15) is 11.6 Å². The lowest BCUT2D eigenvalue weighted by atomic mass is 10.0. The van der Waals surface area contributed by atoms with Crippen molar-refractivity contribution in [3.63, 3.8) is 0 Å². The molecule has 26 heavy (non-hydrogen) atoms. The van der Waals surface area contributed by atoms with Gasteiger partial charge in [-0.25, -0.2) is 13.8 Å². The number of nitrogens with one attached hydrogen (secondary N) is 1. The number of rotatable bonds is 5. The zero-order valence-electron chi connectivity index (χ0n) is 14.5. The van der Waals surface area contributed by atoms with Crippen LogP contribution in [0.2, 0.25) is 0 Å². The highest BCUT2D eigenvalue weighted by Gasteiger charge is 2.13. The molecule has 4 nitrogen and oxygen atoms in total. The Morgan fingerprint density at radius 1 is 1.08 bits per heavy atom. The van der Waals surface area contributed by atoms with E-state index in [0.29, 0.717) is 28.4 Å². The number of methoxy groups -OCH3 is 1. The minimum atomic E-state index is -0.436. The number of anilines is 2. The molecule has 0 bridgehead atoms. The summed E-state index contributed by atoms with van der Waals surface area (Å²) in [5, 5.41) is 3.25. The summed E-state index contributed by atoms with van der Waals surface area (Å²) in [6, 6.07) is 12.4. The average Bonchev–Trinajstić information content (AvgIpc) is 2.64. The maximum atomic E-state index is 14.4. The fourth-order valence-corrected chi connectivity index (χ4v) is 2.66. The van der Waals surface area contributed by atoms with E-state index >= 15 is 0 Å². The zero-order chi connectivity index (χ0) is 18.7. The third kappa shape index (κ3) is 3.74. The molecule has 0 aliphatic heterocycles. The number of nitrogens with zero attached hydrogens (tertiary/aromatic N) is 1. The number of halogens is 2. The summed E-state index contributed by atoms with van der Waals surface area (Å²) in [5.41, 5.74) is 8.73. The molecule has 6 heteroatoms. The lowest BCUT2D eigenvalue weighted by Gasteiger charge is -2.18. The van der Waals surface area contributed by atoms with Crippen LogP contribution in [0, 0.1) is 11.6 Å². The van der Waals surface area contributed by atoms with Crippen molar-refractivity contribution in [2.45, 2.75) is 13.0 Å². The van der Waals surface area contributed by atoms with Crippen LogP contribution in [0.5, 0.6) is 5.88 Å². The molecule has 0 unspecified atom stereocenters. The van der Waals surface area contributed by atoms with E-state index in [0.717, 1.165) is 5.56 Å². The van der Waals surface area contributed by atoms with E-state index in [1.54, 1.807) is 36.5 Å². The van der Waals surface area contributed by atoms with E-state index in [1.165, 1.54) is 25.3 Å². The van der Waals surface area contributed by atoms with Crippen molar-refractivity contribution in [2.75, 3.05) is 18.2 Å². The molecule has 2 aromatic carbocycles. The van der Waals surface area contributed by atoms with Crippen molar-refractivity contribution in [1.29, 1.82) is 0 Å². The molecule has 1 heterocycles. The minimum Gasteiger partial charge on any atom is -0.481 e. The van der Waals surface area contributed by atoms with Crippen LogP contribution in [0.3, 0.4) is 0 Å². The fraction of sp³-hybridized carbons (Fsp3) is 0.150. The van der Waals surface area contributed by atoms with Gasteiger partial charge in [-0.2, -0.15) is 0 Å². The number of nitrogens with two attached hydrogens (primary N) is 1. The lowest BCUT2D eigenvalue weighted by molar-refractivity contribution is 0.398. The molecule has 0 spiro atoms. The SMILES string of the molecule is COc1ccc(-c2cc(N[C@@H](C)c3ccc(F)cc3)c(N)cc2F)cn1. The summed E-state index contributed by atoms with van der Waals surface area (Å²) in [6.07, 6.45) is 1.54. The summed E-state index contributed by atoms with van der Waals surface area (Å²) in [7, 11) is 1.52. The number of ether oxygens (including phenoxy) is 1. The highest BCUT2D eigenvalue weighted by Crippen LogP contribution is 2.32.